The second kappa shape index (κ2) is 7.79. The molecular weight excluding hydrogens is 349 g/mol. The molecule has 1 amide bonds. The number of carbonyl (C=O) groups is 1. The molecular formula is C13H11Cl2N3OS2. The molecule has 110 valence electrons. The summed E-state index contributed by atoms with van der Waals surface area (Å²) in [5.74, 6) is 0.616. The zero-order valence-electron chi connectivity index (χ0n) is 11.0. The normalized spacial score (nSPS) is 11.0. The largest absolute Gasteiger partial charge is 0.297 e. The van der Waals surface area contributed by atoms with Gasteiger partial charge in [-0.3, -0.25) is 10.1 Å². The highest BCUT2D eigenvalue weighted by Crippen LogP contribution is 2.27. The Labute approximate surface area is 140 Å². The lowest BCUT2D eigenvalue weighted by Crippen LogP contribution is -2.07. The molecule has 0 fully saturated rings. The van der Waals surface area contributed by atoms with E-state index in [1.54, 1.807) is 36.0 Å². The van der Waals surface area contributed by atoms with Crippen LogP contribution in [0.15, 0.2) is 28.6 Å². The van der Waals surface area contributed by atoms with Crippen molar-refractivity contribution >= 4 is 63.4 Å². The third kappa shape index (κ3) is 4.71. The Balaban J connectivity index is 2.00. The van der Waals surface area contributed by atoms with Crippen molar-refractivity contribution in [3.05, 3.63) is 39.9 Å². The highest BCUT2D eigenvalue weighted by molar-refractivity contribution is 8.01. The number of aromatic nitrogens is 2. The van der Waals surface area contributed by atoms with Gasteiger partial charge < -0.3 is 0 Å². The minimum atomic E-state index is -0.296. The Morgan fingerprint density at radius 2 is 2.24 bits per heavy atom. The summed E-state index contributed by atoms with van der Waals surface area (Å²) in [5.41, 5.74) is 0.679. The minimum Gasteiger partial charge on any atom is -0.297 e. The van der Waals surface area contributed by atoms with Crippen molar-refractivity contribution in [3.8, 4) is 0 Å². The second-order valence-corrected chi connectivity index (χ2v) is 7.05. The first-order chi connectivity index (χ1) is 10.1. The average molecular weight is 360 g/mol. The van der Waals surface area contributed by atoms with Gasteiger partial charge >= 0.3 is 0 Å². The number of hydrogen-bond acceptors (Lipinski definition) is 5. The smallest absolute Gasteiger partial charge is 0.250 e. The third-order valence-corrected chi connectivity index (χ3v) is 4.99. The van der Waals surface area contributed by atoms with Gasteiger partial charge in [-0.1, -0.05) is 65.4 Å². The monoisotopic (exact) mass is 359 g/mol. The maximum atomic E-state index is 11.8. The standard InChI is InChI=1S/C13H11Cl2N3OS2/c1-2-20-13-18-17-12(21-13)16-10(19)7-6-8-4-3-5-9(14)11(8)15/h3-7H,2H2,1H3,(H,16,17,19)/b7-6+. The van der Waals surface area contributed by atoms with E-state index in [0.717, 1.165) is 10.1 Å². The zero-order chi connectivity index (χ0) is 15.2. The topological polar surface area (TPSA) is 54.9 Å². The molecule has 0 radical (unpaired) electrons. The first-order valence-electron chi connectivity index (χ1n) is 5.99. The van der Waals surface area contributed by atoms with Crippen LogP contribution in [0.4, 0.5) is 5.13 Å². The maximum absolute atomic E-state index is 11.8. The predicted octanol–water partition coefficient (Wildman–Crippen LogP) is 4.61. The molecule has 2 rings (SSSR count). The predicted molar refractivity (Wildman–Crippen MR) is 90.4 cm³/mol. The summed E-state index contributed by atoms with van der Waals surface area (Å²) in [6.45, 7) is 2.03. The van der Waals surface area contributed by atoms with Crippen LogP contribution >= 0.6 is 46.3 Å². The fraction of sp³-hybridized carbons (Fsp3) is 0.154. The summed E-state index contributed by atoms with van der Waals surface area (Å²) >= 11 is 14.9. The third-order valence-electron chi connectivity index (χ3n) is 2.30. The van der Waals surface area contributed by atoms with Crippen molar-refractivity contribution in [3.63, 3.8) is 0 Å². The number of benzene rings is 1. The van der Waals surface area contributed by atoms with Crippen molar-refractivity contribution in [1.29, 1.82) is 0 Å². The lowest BCUT2D eigenvalue weighted by Gasteiger charge is -2.00. The molecule has 2 aromatic rings. The molecule has 0 spiro atoms. The minimum absolute atomic E-state index is 0.296. The SMILES string of the molecule is CCSc1nnc(NC(=O)/C=C/c2cccc(Cl)c2Cl)s1. The van der Waals surface area contributed by atoms with Gasteiger partial charge in [0.25, 0.3) is 0 Å². The molecule has 0 bridgehead atoms. The Morgan fingerprint density at radius 3 is 3.00 bits per heavy atom. The molecule has 4 nitrogen and oxygen atoms in total. The number of thioether (sulfide) groups is 1. The summed E-state index contributed by atoms with van der Waals surface area (Å²) in [7, 11) is 0. The van der Waals surface area contributed by atoms with Gasteiger partial charge in [0, 0.05) is 6.08 Å². The summed E-state index contributed by atoms with van der Waals surface area (Å²) in [6, 6.07) is 5.24. The van der Waals surface area contributed by atoms with Gasteiger partial charge in [-0.15, -0.1) is 10.2 Å². The number of nitrogens with zero attached hydrogens (tertiary/aromatic N) is 2. The van der Waals surface area contributed by atoms with E-state index in [9.17, 15) is 4.79 Å². The van der Waals surface area contributed by atoms with Gasteiger partial charge in [0.2, 0.25) is 11.0 Å². The fourth-order valence-electron chi connectivity index (χ4n) is 1.40. The molecule has 0 atom stereocenters. The Hall–Kier alpha value is -1.08. The molecule has 0 saturated heterocycles. The quantitative estimate of drug-likeness (QED) is 0.481. The zero-order valence-corrected chi connectivity index (χ0v) is 14.1. The van der Waals surface area contributed by atoms with Crippen LogP contribution in [-0.2, 0) is 4.79 Å². The summed E-state index contributed by atoms with van der Waals surface area (Å²) < 4.78 is 0.828. The van der Waals surface area contributed by atoms with Gasteiger partial charge in [-0.2, -0.15) is 0 Å². The van der Waals surface area contributed by atoms with Crippen LogP contribution < -0.4 is 5.32 Å². The first-order valence-corrected chi connectivity index (χ1v) is 8.55. The number of hydrogen-bond donors (Lipinski definition) is 1. The van der Waals surface area contributed by atoms with Crippen LogP contribution in [0.3, 0.4) is 0 Å². The van der Waals surface area contributed by atoms with Crippen molar-refractivity contribution in [2.24, 2.45) is 0 Å². The summed E-state index contributed by atoms with van der Waals surface area (Å²) in [4.78, 5) is 11.8. The average Bonchev–Trinajstić information content (AvgIpc) is 2.88. The van der Waals surface area contributed by atoms with Crippen LogP contribution in [0.25, 0.3) is 6.08 Å². The van der Waals surface area contributed by atoms with Crippen LogP contribution in [0, 0.1) is 0 Å². The van der Waals surface area contributed by atoms with Gasteiger partial charge in [0.05, 0.1) is 10.0 Å². The van der Waals surface area contributed by atoms with Crippen molar-refractivity contribution in [1.82, 2.24) is 10.2 Å². The van der Waals surface area contributed by atoms with Crippen LogP contribution in [-0.4, -0.2) is 21.9 Å². The Bertz CT molecular complexity index is 673. The fourth-order valence-corrected chi connectivity index (χ4v) is 3.43. The highest BCUT2D eigenvalue weighted by atomic mass is 35.5. The number of rotatable bonds is 5. The number of carbonyl (C=O) groups excluding carboxylic acids is 1. The Kier molecular flexibility index (Phi) is 6.05. The van der Waals surface area contributed by atoms with E-state index in [4.69, 9.17) is 23.2 Å². The van der Waals surface area contributed by atoms with Gasteiger partial charge in [-0.25, -0.2) is 0 Å². The number of amides is 1. The van der Waals surface area contributed by atoms with Gasteiger partial charge in [-0.05, 0) is 23.5 Å². The van der Waals surface area contributed by atoms with Crippen molar-refractivity contribution in [2.45, 2.75) is 11.3 Å². The van der Waals surface area contributed by atoms with E-state index in [0.29, 0.717) is 20.7 Å². The molecule has 0 aliphatic heterocycles. The molecule has 1 N–H and O–H groups in total. The van der Waals surface area contributed by atoms with E-state index >= 15 is 0 Å². The molecule has 1 aromatic heterocycles. The first kappa shape index (κ1) is 16.3. The Morgan fingerprint density at radius 1 is 1.43 bits per heavy atom. The lowest BCUT2D eigenvalue weighted by molar-refractivity contribution is -0.111. The molecule has 8 heteroatoms. The molecule has 1 heterocycles. The van der Waals surface area contributed by atoms with E-state index in [1.807, 2.05) is 6.92 Å². The van der Waals surface area contributed by atoms with E-state index in [1.165, 1.54) is 17.4 Å². The number of halogens is 2. The molecule has 1 aromatic carbocycles. The van der Waals surface area contributed by atoms with Crippen LogP contribution in [0.1, 0.15) is 12.5 Å². The molecule has 0 aliphatic carbocycles. The summed E-state index contributed by atoms with van der Waals surface area (Å²) in [5, 5.41) is 11.8. The highest BCUT2D eigenvalue weighted by Gasteiger charge is 2.06. The number of anilines is 1. The van der Waals surface area contributed by atoms with Crippen LogP contribution in [0.5, 0.6) is 0 Å². The van der Waals surface area contributed by atoms with E-state index in [-0.39, 0.29) is 5.91 Å². The molecule has 0 saturated carbocycles. The summed E-state index contributed by atoms with van der Waals surface area (Å²) in [6.07, 6.45) is 2.98. The maximum Gasteiger partial charge on any atom is 0.250 e. The van der Waals surface area contributed by atoms with Gasteiger partial charge in [0.15, 0.2) is 4.34 Å². The van der Waals surface area contributed by atoms with E-state index < -0.39 is 0 Å². The lowest BCUT2D eigenvalue weighted by atomic mass is 10.2. The van der Waals surface area contributed by atoms with Gasteiger partial charge in [0.1, 0.15) is 0 Å². The molecule has 0 aliphatic rings. The number of nitrogens with one attached hydrogen (secondary N) is 1. The second-order valence-electron chi connectivity index (χ2n) is 3.77. The van der Waals surface area contributed by atoms with E-state index in [2.05, 4.69) is 15.5 Å². The molecule has 21 heavy (non-hydrogen) atoms. The van der Waals surface area contributed by atoms with Crippen molar-refractivity contribution in [2.75, 3.05) is 11.1 Å². The van der Waals surface area contributed by atoms with Crippen molar-refractivity contribution < 1.29 is 4.79 Å². The van der Waals surface area contributed by atoms with Crippen LogP contribution in [0.2, 0.25) is 10.0 Å². The molecule has 0 unspecified atom stereocenters.